The maximum absolute atomic E-state index is 12.5. The molecule has 460 valence electrons. The van der Waals surface area contributed by atoms with Gasteiger partial charge in [0.05, 0.1) is 25.4 Å². The molecule has 0 spiro atoms. The van der Waals surface area contributed by atoms with Crippen molar-refractivity contribution < 1.29 is 24.5 Å². The number of carbonyl (C=O) groups is 2. The molecule has 0 heterocycles. The first kappa shape index (κ1) is 76.1. The monoisotopic (exact) mass is 1100 g/mol. The molecule has 0 aliphatic heterocycles. The van der Waals surface area contributed by atoms with Gasteiger partial charge in [-0.1, -0.05) is 326 Å². The molecule has 0 fully saturated rings. The summed E-state index contributed by atoms with van der Waals surface area (Å²) in [6.07, 6.45) is 86.6. The lowest BCUT2D eigenvalue weighted by atomic mass is 10.0. The van der Waals surface area contributed by atoms with E-state index in [9.17, 15) is 19.8 Å². The van der Waals surface area contributed by atoms with Crippen molar-refractivity contribution in [3.8, 4) is 0 Å². The summed E-state index contributed by atoms with van der Waals surface area (Å²) in [5.41, 5.74) is 0. The molecule has 0 aliphatic carbocycles. The van der Waals surface area contributed by atoms with Crippen molar-refractivity contribution in [2.75, 3.05) is 13.2 Å². The van der Waals surface area contributed by atoms with Crippen molar-refractivity contribution >= 4 is 11.9 Å². The Kier molecular flexibility index (Phi) is 65.9. The first-order valence-electron chi connectivity index (χ1n) is 35.3. The third-order valence-electron chi connectivity index (χ3n) is 16.4. The second-order valence-electron chi connectivity index (χ2n) is 24.2. The number of nitrogens with one attached hydrogen (secondary N) is 1. The molecule has 0 aromatic rings. The summed E-state index contributed by atoms with van der Waals surface area (Å²) in [5.74, 6) is -0.0540. The number of aliphatic hydroxyl groups is 2. The van der Waals surface area contributed by atoms with Gasteiger partial charge in [-0.05, 0) is 83.5 Å². The van der Waals surface area contributed by atoms with Crippen LogP contribution in [0.2, 0.25) is 0 Å². The first-order valence-corrected chi connectivity index (χ1v) is 35.3. The normalized spacial score (nSPS) is 12.7. The minimum Gasteiger partial charge on any atom is -0.466 e. The summed E-state index contributed by atoms with van der Waals surface area (Å²) in [6.45, 7) is 4.91. The van der Waals surface area contributed by atoms with Gasteiger partial charge in [0.15, 0.2) is 0 Å². The largest absolute Gasteiger partial charge is 0.466 e. The molecule has 0 rings (SSSR count). The molecule has 0 aromatic heterocycles. The zero-order valence-corrected chi connectivity index (χ0v) is 52.7. The third-order valence-corrected chi connectivity index (χ3v) is 16.4. The summed E-state index contributed by atoms with van der Waals surface area (Å²) < 4.78 is 5.48. The van der Waals surface area contributed by atoms with Crippen molar-refractivity contribution in [2.24, 2.45) is 0 Å². The number of hydrogen-bond donors (Lipinski definition) is 3. The molecule has 6 heteroatoms. The van der Waals surface area contributed by atoms with Crippen molar-refractivity contribution in [2.45, 2.75) is 398 Å². The van der Waals surface area contributed by atoms with Gasteiger partial charge in [-0.25, -0.2) is 0 Å². The molecule has 0 saturated carbocycles. The number of amides is 1. The van der Waals surface area contributed by atoms with E-state index in [0.29, 0.717) is 19.4 Å². The first-order chi connectivity index (χ1) is 38.5. The number of aliphatic hydroxyl groups excluding tert-OH is 2. The summed E-state index contributed by atoms with van der Waals surface area (Å²) in [4.78, 5) is 24.5. The molecule has 2 unspecified atom stereocenters. The molecule has 0 aliphatic rings. The van der Waals surface area contributed by atoms with Crippen molar-refractivity contribution in [3.63, 3.8) is 0 Å². The van der Waals surface area contributed by atoms with Gasteiger partial charge in [0.2, 0.25) is 5.91 Å². The molecular formula is C72H137NO5. The van der Waals surface area contributed by atoms with E-state index >= 15 is 0 Å². The highest BCUT2D eigenvalue weighted by atomic mass is 16.5. The fourth-order valence-corrected chi connectivity index (χ4v) is 11.0. The van der Waals surface area contributed by atoms with Gasteiger partial charge in [-0.15, -0.1) is 0 Å². The number of unbranched alkanes of at least 4 members (excludes halogenated alkanes) is 51. The lowest BCUT2D eigenvalue weighted by Crippen LogP contribution is -2.45. The maximum Gasteiger partial charge on any atom is 0.305 e. The van der Waals surface area contributed by atoms with Gasteiger partial charge in [0, 0.05) is 12.8 Å². The highest BCUT2D eigenvalue weighted by Gasteiger charge is 2.18. The molecule has 0 radical (unpaired) electrons. The molecule has 0 aromatic carbocycles. The quantitative estimate of drug-likeness (QED) is 0.0320. The van der Waals surface area contributed by atoms with E-state index < -0.39 is 12.1 Å². The number of ether oxygens (including phenoxy) is 1. The Morgan fingerprint density at radius 2 is 0.603 bits per heavy atom. The van der Waals surface area contributed by atoms with Crippen LogP contribution in [0.1, 0.15) is 386 Å². The molecule has 0 bridgehead atoms. The van der Waals surface area contributed by atoms with Crippen molar-refractivity contribution in [3.05, 3.63) is 36.5 Å². The van der Waals surface area contributed by atoms with Gasteiger partial charge >= 0.3 is 5.97 Å². The number of allylic oxidation sites excluding steroid dienone is 5. The Labute approximate surface area is 487 Å². The lowest BCUT2D eigenvalue weighted by Gasteiger charge is -2.20. The smallest absolute Gasteiger partial charge is 0.305 e. The standard InChI is InChI=1S/C72H137NO5/c1-3-5-7-9-11-13-15-17-18-37-41-44-48-52-56-60-64-70(75)69(68-74)73-71(76)65-61-57-53-49-45-42-38-35-33-31-29-27-25-23-21-19-20-22-24-26-28-30-32-34-36-39-43-47-51-55-59-63-67-78-72(77)66-62-58-54-50-46-40-16-14-12-10-8-6-4-2/h14,16,22,24,60,64,69-70,74-75H,3-13,15,17-21,23,25-59,61-63,65-68H2,1-2H3,(H,73,76)/b16-14-,24-22-,64-60+. The van der Waals surface area contributed by atoms with Crippen LogP contribution in [-0.2, 0) is 14.3 Å². The average molecular weight is 1100 g/mol. The molecule has 2 atom stereocenters. The van der Waals surface area contributed by atoms with E-state index in [0.717, 1.165) is 44.9 Å². The van der Waals surface area contributed by atoms with Crippen LogP contribution in [-0.4, -0.2) is 47.4 Å². The molecule has 0 saturated heterocycles. The minimum atomic E-state index is -0.843. The molecule has 78 heavy (non-hydrogen) atoms. The maximum atomic E-state index is 12.5. The number of esters is 1. The zero-order chi connectivity index (χ0) is 56.4. The Morgan fingerprint density at radius 1 is 0.346 bits per heavy atom. The summed E-state index contributed by atoms with van der Waals surface area (Å²) in [5, 5.41) is 23.2. The zero-order valence-electron chi connectivity index (χ0n) is 52.7. The lowest BCUT2D eigenvalue weighted by molar-refractivity contribution is -0.143. The van der Waals surface area contributed by atoms with E-state index in [1.54, 1.807) is 6.08 Å². The highest BCUT2D eigenvalue weighted by molar-refractivity contribution is 5.76. The molecule has 3 N–H and O–H groups in total. The van der Waals surface area contributed by atoms with Gasteiger partial charge in [-0.3, -0.25) is 9.59 Å². The van der Waals surface area contributed by atoms with E-state index in [1.165, 1.54) is 315 Å². The topological polar surface area (TPSA) is 95.9 Å². The van der Waals surface area contributed by atoms with Gasteiger partial charge in [-0.2, -0.15) is 0 Å². The number of carbonyl (C=O) groups excluding carboxylic acids is 2. The van der Waals surface area contributed by atoms with Crippen molar-refractivity contribution in [1.82, 2.24) is 5.32 Å². The average Bonchev–Trinajstić information content (AvgIpc) is 3.44. The van der Waals surface area contributed by atoms with Crippen LogP contribution in [0.25, 0.3) is 0 Å². The van der Waals surface area contributed by atoms with Crippen LogP contribution in [0.4, 0.5) is 0 Å². The Balaban J connectivity index is 3.37. The third kappa shape index (κ3) is 63.3. The predicted molar refractivity (Wildman–Crippen MR) is 343 cm³/mol. The summed E-state index contributed by atoms with van der Waals surface area (Å²) >= 11 is 0. The van der Waals surface area contributed by atoms with Crippen LogP contribution < -0.4 is 5.32 Å². The summed E-state index contributed by atoms with van der Waals surface area (Å²) in [6, 6.07) is -0.626. The molecular weight excluding hydrogens is 959 g/mol. The van der Waals surface area contributed by atoms with Gasteiger partial charge in [0.25, 0.3) is 0 Å². The SMILES string of the molecule is CCCCCC/C=C\CCCCCCCC(=O)OCCCCCCCCCCCCCC/C=C\CCCCCCCCCCCCCCCCCCC(=O)NC(CO)C(O)/C=C/CCCCCCCCCCCCCCCC. The van der Waals surface area contributed by atoms with E-state index in [-0.39, 0.29) is 18.5 Å². The fourth-order valence-electron chi connectivity index (χ4n) is 11.0. The Hall–Kier alpha value is -1.92. The number of hydrogen-bond acceptors (Lipinski definition) is 5. The Bertz CT molecular complexity index is 1260. The molecule has 1 amide bonds. The second-order valence-corrected chi connectivity index (χ2v) is 24.2. The van der Waals surface area contributed by atoms with Crippen LogP contribution >= 0.6 is 0 Å². The minimum absolute atomic E-state index is 0.00889. The van der Waals surface area contributed by atoms with Gasteiger partial charge in [0.1, 0.15) is 0 Å². The van der Waals surface area contributed by atoms with Crippen LogP contribution in [0.15, 0.2) is 36.5 Å². The van der Waals surface area contributed by atoms with Crippen LogP contribution in [0, 0.1) is 0 Å². The number of rotatable bonds is 66. The Morgan fingerprint density at radius 3 is 0.923 bits per heavy atom. The van der Waals surface area contributed by atoms with E-state index in [4.69, 9.17) is 4.74 Å². The van der Waals surface area contributed by atoms with E-state index in [1.807, 2.05) is 6.08 Å². The predicted octanol–water partition coefficient (Wildman–Crippen LogP) is 22.7. The fraction of sp³-hybridized carbons (Fsp3) is 0.889. The second kappa shape index (κ2) is 67.6. The highest BCUT2D eigenvalue weighted by Crippen LogP contribution is 2.18. The van der Waals surface area contributed by atoms with Gasteiger partial charge < -0.3 is 20.3 Å². The van der Waals surface area contributed by atoms with Crippen molar-refractivity contribution in [1.29, 1.82) is 0 Å². The molecule has 6 nitrogen and oxygen atoms in total. The van der Waals surface area contributed by atoms with Crippen LogP contribution in [0.5, 0.6) is 0 Å². The van der Waals surface area contributed by atoms with Crippen LogP contribution in [0.3, 0.4) is 0 Å². The summed E-state index contributed by atoms with van der Waals surface area (Å²) in [7, 11) is 0. The van der Waals surface area contributed by atoms with E-state index in [2.05, 4.69) is 43.5 Å².